The number of hydrogen-bond donors (Lipinski definition) is 3. The van der Waals surface area contributed by atoms with Crippen molar-refractivity contribution < 1.29 is 14.4 Å². The van der Waals surface area contributed by atoms with E-state index in [1.807, 2.05) is 37.3 Å². The molecule has 1 aromatic carbocycles. The van der Waals surface area contributed by atoms with Crippen LogP contribution in [-0.2, 0) is 17.7 Å². The van der Waals surface area contributed by atoms with Crippen LogP contribution < -0.4 is 15.5 Å². The van der Waals surface area contributed by atoms with Crippen molar-refractivity contribution in [2.75, 3.05) is 30.3 Å². The number of carbonyl (C=O) groups is 1. The molecule has 3 N–H and O–H groups in total. The second kappa shape index (κ2) is 8.62. The van der Waals surface area contributed by atoms with E-state index < -0.39 is 0 Å². The number of fused-ring (bicyclic) bond motifs is 1. The molecule has 1 atom stereocenters. The van der Waals surface area contributed by atoms with Gasteiger partial charge in [-0.1, -0.05) is 18.2 Å². The second-order valence-electron chi connectivity index (χ2n) is 6.15. The molecular weight excluding hydrogens is 366 g/mol. The van der Waals surface area contributed by atoms with Gasteiger partial charge in [-0.2, -0.15) is 0 Å². The molecule has 0 amide bonds. The number of para-hydroxylation sites is 1. The van der Waals surface area contributed by atoms with Gasteiger partial charge in [0, 0.05) is 12.1 Å². The Labute approximate surface area is 163 Å². The summed E-state index contributed by atoms with van der Waals surface area (Å²) in [6.07, 6.45) is 0.893. The van der Waals surface area contributed by atoms with Crippen molar-refractivity contribution in [3.8, 4) is 0 Å². The van der Waals surface area contributed by atoms with Crippen molar-refractivity contribution in [1.29, 1.82) is 0 Å². The monoisotopic (exact) mass is 390 g/mol. The largest absolute Gasteiger partial charge is 0.462 e. The van der Waals surface area contributed by atoms with Crippen LogP contribution in [0.3, 0.4) is 0 Å². The van der Waals surface area contributed by atoms with Crippen LogP contribution in [-0.4, -0.2) is 30.8 Å². The zero-order chi connectivity index (χ0) is 18.5. The van der Waals surface area contributed by atoms with Crippen molar-refractivity contribution in [3.63, 3.8) is 0 Å². The van der Waals surface area contributed by atoms with Gasteiger partial charge in [-0.05, 0) is 43.8 Å². The summed E-state index contributed by atoms with van der Waals surface area (Å²) in [5, 5.41) is 7.63. The van der Waals surface area contributed by atoms with E-state index in [1.165, 1.54) is 9.78 Å². The first-order valence-corrected chi connectivity index (χ1v) is 10.1. The van der Waals surface area contributed by atoms with Crippen LogP contribution in [0.15, 0.2) is 30.3 Å². The minimum Gasteiger partial charge on any atom is -0.462 e. The van der Waals surface area contributed by atoms with E-state index in [9.17, 15) is 4.79 Å². The molecule has 3 rings (SSSR count). The molecule has 7 heteroatoms. The Balaban J connectivity index is 1.84. The molecular formula is C19H24N3O2S2+. The molecule has 2 aromatic rings. The van der Waals surface area contributed by atoms with E-state index >= 15 is 0 Å². The average Bonchev–Trinajstić information content (AvgIpc) is 2.99. The maximum atomic E-state index is 12.6. The van der Waals surface area contributed by atoms with E-state index in [1.54, 1.807) is 11.3 Å². The predicted molar refractivity (Wildman–Crippen MR) is 110 cm³/mol. The number of likely N-dealkylation sites (N-methyl/N-ethyl adjacent to an activating group) is 1. The quantitative estimate of drug-likeness (QED) is 0.541. The first-order valence-electron chi connectivity index (χ1n) is 8.90. The molecule has 1 aromatic heterocycles. The average molecular weight is 391 g/mol. The molecule has 0 spiro atoms. The third-order valence-corrected chi connectivity index (χ3v) is 5.82. The Morgan fingerprint density at radius 2 is 2.04 bits per heavy atom. The molecule has 0 saturated carbocycles. The molecule has 5 nitrogen and oxygen atoms in total. The minimum absolute atomic E-state index is 0.269. The van der Waals surface area contributed by atoms with Gasteiger partial charge >= 0.3 is 5.97 Å². The normalized spacial score (nSPS) is 15.8. The van der Waals surface area contributed by atoms with Crippen molar-refractivity contribution in [2.24, 2.45) is 0 Å². The lowest BCUT2D eigenvalue weighted by atomic mass is 10.0. The van der Waals surface area contributed by atoms with Crippen LogP contribution in [0, 0.1) is 0 Å². The van der Waals surface area contributed by atoms with Crippen LogP contribution in [0.25, 0.3) is 0 Å². The summed E-state index contributed by atoms with van der Waals surface area (Å²) in [4.78, 5) is 15.3. The van der Waals surface area contributed by atoms with Gasteiger partial charge in [0.05, 0.1) is 30.1 Å². The number of hydrogen-bond acceptors (Lipinski definition) is 4. The summed E-state index contributed by atoms with van der Waals surface area (Å²) in [6.45, 7) is 7.46. The lowest BCUT2D eigenvalue weighted by Crippen LogP contribution is -3.11. The summed E-state index contributed by atoms with van der Waals surface area (Å²) < 4.78 is 5.30. The van der Waals surface area contributed by atoms with Crippen LogP contribution in [0.1, 0.15) is 34.6 Å². The minimum atomic E-state index is -0.269. The highest BCUT2D eigenvalue weighted by Gasteiger charge is 2.30. The lowest BCUT2D eigenvalue weighted by Gasteiger charge is -2.22. The molecule has 0 saturated heterocycles. The molecule has 1 aliphatic rings. The SMILES string of the molecule is CCOC(=O)c1c(NC(=S)Nc2ccccc2)sc2c1CC[NH+](CC)C2. The standard InChI is InChI=1S/C19H23N3O2S2/c1-3-22-11-10-14-15(12-22)26-17(16(14)18(23)24-4-2)21-19(25)20-13-8-6-5-7-9-13/h5-9H,3-4,10-12H2,1-2H3,(H2,20,21,25)/p+1. The van der Waals surface area contributed by atoms with Gasteiger partial charge in [-0.25, -0.2) is 4.79 Å². The number of ether oxygens (including phenoxy) is 1. The topological polar surface area (TPSA) is 54.8 Å². The van der Waals surface area contributed by atoms with Gasteiger partial charge < -0.3 is 20.3 Å². The van der Waals surface area contributed by atoms with E-state index in [4.69, 9.17) is 17.0 Å². The zero-order valence-corrected chi connectivity index (χ0v) is 16.7. The van der Waals surface area contributed by atoms with E-state index in [2.05, 4.69) is 17.6 Å². The molecule has 26 heavy (non-hydrogen) atoms. The Bertz CT molecular complexity index is 790. The van der Waals surface area contributed by atoms with Gasteiger partial charge in [0.1, 0.15) is 11.5 Å². The lowest BCUT2D eigenvalue weighted by molar-refractivity contribution is -0.913. The summed E-state index contributed by atoms with van der Waals surface area (Å²) in [7, 11) is 0. The summed E-state index contributed by atoms with van der Waals surface area (Å²) >= 11 is 7.06. The van der Waals surface area contributed by atoms with Crippen LogP contribution in [0.5, 0.6) is 0 Å². The Morgan fingerprint density at radius 1 is 1.27 bits per heavy atom. The van der Waals surface area contributed by atoms with E-state index in [0.717, 1.165) is 42.3 Å². The summed E-state index contributed by atoms with van der Waals surface area (Å²) in [5.74, 6) is -0.269. The van der Waals surface area contributed by atoms with Crippen LogP contribution in [0.2, 0.25) is 0 Å². The van der Waals surface area contributed by atoms with Gasteiger partial charge in [-0.15, -0.1) is 11.3 Å². The number of thiophene rings is 1. The third-order valence-electron chi connectivity index (χ3n) is 4.47. The van der Waals surface area contributed by atoms with E-state index in [0.29, 0.717) is 17.3 Å². The van der Waals surface area contributed by atoms with Crippen LogP contribution >= 0.6 is 23.6 Å². The van der Waals surface area contributed by atoms with Gasteiger partial charge in [-0.3, -0.25) is 0 Å². The first kappa shape index (κ1) is 18.8. The predicted octanol–water partition coefficient (Wildman–Crippen LogP) is 2.69. The maximum Gasteiger partial charge on any atom is 0.341 e. The number of esters is 1. The number of rotatable bonds is 5. The number of anilines is 2. The Morgan fingerprint density at radius 3 is 2.73 bits per heavy atom. The zero-order valence-electron chi connectivity index (χ0n) is 15.1. The number of quaternary nitrogens is 1. The number of thiocarbonyl (C=S) groups is 1. The number of nitrogens with one attached hydrogen (secondary N) is 3. The fraction of sp³-hybridized carbons (Fsp3) is 0.368. The fourth-order valence-corrected chi connectivity index (χ4v) is 4.73. The number of benzene rings is 1. The smallest absolute Gasteiger partial charge is 0.341 e. The van der Waals surface area contributed by atoms with Crippen molar-refractivity contribution in [3.05, 3.63) is 46.3 Å². The fourth-order valence-electron chi connectivity index (χ4n) is 3.13. The van der Waals surface area contributed by atoms with Crippen molar-refractivity contribution in [2.45, 2.75) is 26.8 Å². The molecule has 1 aliphatic heterocycles. The molecule has 0 aliphatic carbocycles. The highest BCUT2D eigenvalue weighted by molar-refractivity contribution is 7.80. The maximum absolute atomic E-state index is 12.6. The first-order chi connectivity index (χ1) is 12.6. The molecule has 0 radical (unpaired) electrons. The Kier molecular flexibility index (Phi) is 6.24. The molecule has 138 valence electrons. The van der Waals surface area contributed by atoms with E-state index in [-0.39, 0.29) is 5.97 Å². The molecule has 0 fully saturated rings. The molecule has 0 bridgehead atoms. The second-order valence-corrected chi connectivity index (χ2v) is 7.67. The highest BCUT2D eigenvalue weighted by atomic mass is 32.1. The van der Waals surface area contributed by atoms with Crippen molar-refractivity contribution in [1.82, 2.24) is 0 Å². The molecule has 1 unspecified atom stereocenters. The van der Waals surface area contributed by atoms with Crippen LogP contribution in [0.4, 0.5) is 10.7 Å². The summed E-state index contributed by atoms with van der Waals surface area (Å²) in [6, 6.07) is 9.74. The third kappa shape index (κ3) is 4.23. The van der Waals surface area contributed by atoms with Gasteiger partial charge in [0.15, 0.2) is 5.11 Å². The van der Waals surface area contributed by atoms with Crippen molar-refractivity contribution >= 4 is 45.3 Å². The van der Waals surface area contributed by atoms with Gasteiger partial charge in [0.25, 0.3) is 0 Å². The molecule has 2 heterocycles. The number of carbonyl (C=O) groups excluding carboxylic acids is 1. The highest BCUT2D eigenvalue weighted by Crippen LogP contribution is 2.35. The van der Waals surface area contributed by atoms with Gasteiger partial charge in [0.2, 0.25) is 0 Å². The summed E-state index contributed by atoms with van der Waals surface area (Å²) in [5.41, 5.74) is 2.68. The Hall–Kier alpha value is -1.96.